The van der Waals surface area contributed by atoms with Gasteiger partial charge in [0.15, 0.2) is 6.10 Å². The van der Waals surface area contributed by atoms with E-state index in [1.54, 1.807) is 0 Å². The van der Waals surface area contributed by atoms with Crippen molar-refractivity contribution in [3.05, 3.63) is 71.8 Å². The van der Waals surface area contributed by atoms with Crippen LogP contribution in [0.15, 0.2) is 60.7 Å². The lowest BCUT2D eigenvalue weighted by Crippen LogP contribution is -3.00. The van der Waals surface area contributed by atoms with Crippen LogP contribution in [0, 0.1) is 5.92 Å². The smallest absolute Gasteiger partial charge is 0.338 e. The van der Waals surface area contributed by atoms with Gasteiger partial charge < -0.3 is 26.2 Å². The van der Waals surface area contributed by atoms with E-state index in [4.69, 9.17) is 4.74 Å². The molecule has 3 nitrogen and oxygen atoms in total. The maximum Gasteiger partial charge on any atom is 0.338 e. The van der Waals surface area contributed by atoms with Crippen LogP contribution in [-0.2, 0) is 11.3 Å². The largest absolute Gasteiger partial charge is 1.00 e. The summed E-state index contributed by atoms with van der Waals surface area (Å²) in [5.41, 5.74) is 2.04. The standard InChI is InChI=1S/C21H24NO2.BrH/c23-21(19-9-5-2-6-10-19)24-20-16-22(13-11-18(20)12-14-22)15-17-7-3-1-4-8-17;/h1-10,18,20H,11-16H2;1H/q+1;/p-1/t18?,20-,22?;/m1./s1. The lowest BCUT2D eigenvalue weighted by atomic mass is 9.83. The predicted octanol–water partition coefficient (Wildman–Crippen LogP) is 0.657. The molecule has 0 amide bonds. The first-order chi connectivity index (χ1) is 11.7. The molecule has 5 rings (SSSR count). The zero-order chi connectivity index (χ0) is 16.4. The summed E-state index contributed by atoms with van der Waals surface area (Å²) in [6.45, 7) is 4.42. The van der Waals surface area contributed by atoms with E-state index < -0.39 is 0 Å². The number of quaternary nitrogens is 1. The molecule has 2 bridgehead atoms. The number of nitrogens with zero attached hydrogens (tertiary/aromatic N) is 1. The lowest BCUT2D eigenvalue weighted by molar-refractivity contribution is -0.958. The predicted molar refractivity (Wildman–Crippen MR) is 93.4 cm³/mol. The molecule has 0 radical (unpaired) electrons. The van der Waals surface area contributed by atoms with Crippen molar-refractivity contribution in [2.24, 2.45) is 5.92 Å². The fourth-order valence-electron chi connectivity index (χ4n) is 4.33. The Morgan fingerprint density at radius 2 is 1.56 bits per heavy atom. The molecule has 0 unspecified atom stereocenters. The molecule has 3 aliphatic rings. The van der Waals surface area contributed by atoms with Crippen molar-refractivity contribution in [1.29, 1.82) is 0 Å². The molecule has 2 aromatic rings. The number of esters is 1. The molecule has 1 atom stereocenters. The van der Waals surface area contributed by atoms with E-state index in [-0.39, 0.29) is 29.1 Å². The average Bonchev–Trinajstić information content (AvgIpc) is 2.64. The van der Waals surface area contributed by atoms with Crippen LogP contribution in [-0.4, -0.2) is 36.2 Å². The van der Waals surface area contributed by atoms with E-state index in [0.717, 1.165) is 17.6 Å². The quantitative estimate of drug-likeness (QED) is 0.555. The summed E-state index contributed by atoms with van der Waals surface area (Å²) >= 11 is 0. The van der Waals surface area contributed by atoms with Crippen LogP contribution >= 0.6 is 0 Å². The van der Waals surface area contributed by atoms with Crippen molar-refractivity contribution in [1.82, 2.24) is 0 Å². The van der Waals surface area contributed by atoms with E-state index in [1.165, 1.54) is 31.5 Å². The maximum absolute atomic E-state index is 12.4. The third-order valence-electron chi connectivity index (χ3n) is 5.67. The van der Waals surface area contributed by atoms with Crippen molar-refractivity contribution in [2.75, 3.05) is 19.6 Å². The summed E-state index contributed by atoms with van der Waals surface area (Å²) in [6, 6.07) is 20.1. The van der Waals surface area contributed by atoms with Crippen LogP contribution in [0.25, 0.3) is 0 Å². The van der Waals surface area contributed by atoms with Crippen molar-refractivity contribution >= 4 is 5.97 Å². The fraction of sp³-hybridized carbons (Fsp3) is 0.381. The molecule has 25 heavy (non-hydrogen) atoms. The van der Waals surface area contributed by atoms with Gasteiger partial charge in [-0.25, -0.2) is 4.79 Å². The number of ether oxygens (including phenoxy) is 1. The Morgan fingerprint density at radius 1 is 0.960 bits per heavy atom. The zero-order valence-electron chi connectivity index (χ0n) is 14.3. The molecule has 132 valence electrons. The summed E-state index contributed by atoms with van der Waals surface area (Å²) in [5, 5.41) is 0. The van der Waals surface area contributed by atoms with E-state index in [0.29, 0.717) is 11.5 Å². The molecule has 3 saturated heterocycles. The number of carbonyl (C=O) groups is 1. The van der Waals surface area contributed by atoms with Gasteiger partial charge in [0.1, 0.15) is 13.1 Å². The van der Waals surface area contributed by atoms with Gasteiger partial charge in [0.25, 0.3) is 0 Å². The Balaban J connectivity index is 0.00000182. The van der Waals surface area contributed by atoms with Gasteiger partial charge in [0.05, 0.1) is 18.7 Å². The van der Waals surface area contributed by atoms with Crippen molar-refractivity contribution in [3.8, 4) is 0 Å². The first kappa shape index (κ1) is 18.2. The second-order valence-electron chi connectivity index (χ2n) is 7.26. The number of fused-ring (bicyclic) bond motifs is 3. The SMILES string of the molecule is O=C(O[C@@H]1C[N+]2(Cc3ccccc3)CCC1CC2)c1ccccc1.[Br-]. The zero-order valence-corrected chi connectivity index (χ0v) is 15.9. The first-order valence-corrected chi connectivity index (χ1v) is 8.89. The van der Waals surface area contributed by atoms with Gasteiger partial charge in [-0.15, -0.1) is 0 Å². The second-order valence-corrected chi connectivity index (χ2v) is 7.26. The summed E-state index contributed by atoms with van der Waals surface area (Å²) in [7, 11) is 0. The molecule has 3 aliphatic heterocycles. The molecular weight excluding hydrogens is 378 g/mol. The molecule has 0 spiro atoms. The van der Waals surface area contributed by atoms with E-state index in [9.17, 15) is 4.79 Å². The Hall–Kier alpha value is -1.65. The highest BCUT2D eigenvalue weighted by atomic mass is 79.9. The first-order valence-electron chi connectivity index (χ1n) is 8.89. The second kappa shape index (κ2) is 7.71. The topological polar surface area (TPSA) is 26.3 Å². The van der Waals surface area contributed by atoms with Gasteiger partial charge in [-0.05, 0) is 12.1 Å². The van der Waals surface area contributed by atoms with Crippen molar-refractivity contribution in [3.63, 3.8) is 0 Å². The monoisotopic (exact) mass is 401 g/mol. The van der Waals surface area contributed by atoms with Crippen LogP contribution in [0.2, 0.25) is 0 Å². The Bertz CT molecular complexity index is 696. The third kappa shape index (κ3) is 3.96. The number of benzene rings is 2. The molecule has 0 saturated carbocycles. The van der Waals surface area contributed by atoms with Gasteiger partial charge in [-0.2, -0.15) is 0 Å². The number of rotatable bonds is 4. The highest BCUT2D eigenvalue weighted by Crippen LogP contribution is 2.37. The van der Waals surface area contributed by atoms with Gasteiger partial charge in [-0.1, -0.05) is 48.5 Å². The van der Waals surface area contributed by atoms with Crippen LogP contribution in [0.4, 0.5) is 0 Å². The van der Waals surface area contributed by atoms with Gasteiger partial charge >= 0.3 is 5.97 Å². The minimum atomic E-state index is -0.174. The molecular formula is C21H24BrNO2. The Kier molecular flexibility index (Phi) is 5.60. The van der Waals surface area contributed by atoms with Crippen molar-refractivity contribution < 1.29 is 31.0 Å². The minimum Gasteiger partial charge on any atom is -1.00 e. The van der Waals surface area contributed by atoms with Crippen LogP contribution < -0.4 is 17.0 Å². The summed E-state index contributed by atoms with van der Waals surface area (Å²) in [4.78, 5) is 12.4. The molecule has 0 aromatic heterocycles. The summed E-state index contributed by atoms with van der Waals surface area (Å²) in [5.74, 6) is 0.362. The van der Waals surface area contributed by atoms with Gasteiger partial charge in [0.2, 0.25) is 0 Å². The van der Waals surface area contributed by atoms with Gasteiger partial charge in [-0.3, -0.25) is 0 Å². The Morgan fingerprint density at radius 3 is 2.20 bits per heavy atom. The van der Waals surface area contributed by atoms with E-state index >= 15 is 0 Å². The number of carbonyl (C=O) groups excluding carboxylic acids is 1. The van der Waals surface area contributed by atoms with Crippen LogP contribution in [0.5, 0.6) is 0 Å². The number of hydrogen-bond acceptors (Lipinski definition) is 2. The number of halogens is 1. The molecule has 3 fully saturated rings. The molecule has 3 heterocycles. The van der Waals surface area contributed by atoms with E-state index in [1.807, 2.05) is 30.3 Å². The molecule has 0 aliphatic carbocycles. The van der Waals surface area contributed by atoms with Crippen LogP contribution in [0.1, 0.15) is 28.8 Å². The Labute approximate surface area is 160 Å². The van der Waals surface area contributed by atoms with Crippen molar-refractivity contribution in [2.45, 2.75) is 25.5 Å². The minimum absolute atomic E-state index is 0. The normalized spacial score (nSPS) is 27.4. The summed E-state index contributed by atoms with van der Waals surface area (Å²) < 4.78 is 6.98. The number of piperidine rings is 3. The average molecular weight is 402 g/mol. The third-order valence-corrected chi connectivity index (χ3v) is 5.67. The molecule has 4 heteroatoms. The van der Waals surface area contributed by atoms with Crippen LogP contribution in [0.3, 0.4) is 0 Å². The highest BCUT2D eigenvalue weighted by molar-refractivity contribution is 5.89. The number of hydrogen-bond donors (Lipinski definition) is 0. The van der Waals surface area contributed by atoms with Gasteiger partial charge in [0, 0.05) is 24.3 Å². The van der Waals surface area contributed by atoms with E-state index in [2.05, 4.69) is 30.3 Å². The fourth-order valence-corrected chi connectivity index (χ4v) is 4.33. The highest BCUT2D eigenvalue weighted by Gasteiger charge is 2.47. The molecule has 2 aromatic carbocycles. The summed E-state index contributed by atoms with van der Waals surface area (Å²) in [6.07, 6.45) is 2.39. The molecule has 0 N–H and O–H groups in total. The maximum atomic E-state index is 12.4. The lowest BCUT2D eigenvalue weighted by Gasteiger charge is -2.52.